The SMILES string of the molecule is CCc1ccccc1-n1nc2c(c1-c1ccc(Cl)cc1)CN(C(=O)c1cccnc1)C2. The van der Waals surface area contributed by atoms with Gasteiger partial charge >= 0.3 is 0 Å². The van der Waals surface area contributed by atoms with Gasteiger partial charge in [0.05, 0.1) is 35.7 Å². The van der Waals surface area contributed by atoms with E-state index in [1.54, 1.807) is 24.5 Å². The van der Waals surface area contributed by atoms with Crippen LogP contribution in [0.4, 0.5) is 0 Å². The summed E-state index contributed by atoms with van der Waals surface area (Å²) in [7, 11) is 0. The van der Waals surface area contributed by atoms with E-state index in [2.05, 4.69) is 30.1 Å². The molecular formula is C25H21ClN4O. The molecule has 1 aliphatic rings. The van der Waals surface area contributed by atoms with Crippen LogP contribution in [0.25, 0.3) is 16.9 Å². The highest BCUT2D eigenvalue weighted by molar-refractivity contribution is 6.30. The van der Waals surface area contributed by atoms with Gasteiger partial charge in [0.25, 0.3) is 5.91 Å². The molecular weight excluding hydrogens is 408 g/mol. The van der Waals surface area contributed by atoms with Gasteiger partial charge in [0, 0.05) is 28.5 Å². The van der Waals surface area contributed by atoms with Gasteiger partial charge in [0.2, 0.25) is 0 Å². The van der Waals surface area contributed by atoms with Crippen molar-refractivity contribution in [2.75, 3.05) is 0 Å². The number of fused-ring (bicyclic) bond motifs is 1. The van der Waals surface area contributed by atoms with Crippen LogP contribution in [0.15, 0.2) is 73.1 Å². The first-order valence-electron chi connectivity index (χ1n) is 10.3. The highest BCUT2D eigenvalue weighted by Gasteiger charge is 2.32. The molecule has 1 amide bonds. The molecule has 0 unspecified atom stereocenters. The van der Waals surface area contributed by atoms with Gasteiger partial charge in [0.15, 0.2) is 0 Å². The molecule has 0 N–H and O–H groups in total. The van der Waals surface area contributed by atoms with Crippen molar-refractivity contribution >= 4 is 17.5 Å². The van der Waals surface area contributed by atoms with Gasteiger partial charge in [-0.2, -0.15) is 5.10 Å². The number of carbonyl (C=O) groups excluding carboxylic acids is 1. The number of benzene rings is 2. The standard InChI is InChI=1S/C25H21ClN4O/c1-2-17-6-3-4-8-23(17)30-24(18-9-11-20(26)12-10-18)21-15-29(16-22(21)28-30)25(31)19-7-5-13-27-14-19/h3-14H,2,15-16H2,1H3. The molecule has 0 radical (unpaired) electrons. The zero-order valence-electron chi connectivity index (χ0n) is 17.1. The number of pyridine rings is 1. The molecule has 0 fully saturated rings. The Kier molecular flexibility index (Phi) is 5.04. The maximum atomic E-state index is 13.0. The largest absolute Gasteiger partial charge is 0.328 e. The fourth-order valence-corrected chi connectivity index (χ4v) is 4.25. The average Bonchev–Trinajstić information content (AvgIpc) is 3.38. The van der Waals surface area contributed by atoms with E-state index >= 15 is 0 Å². The van der Waals surface area contributed by atoms with Crippen molar-refractivity contribution in [1.29, 1.82) is 0 Å². The lowest BCUT2D eigenvalue weighted by Gasteiger charge is -2.18. The second-order valence-electron chi connectivity index (χ2n) is 7.58. The molecule has 6 heteroatoms. The molecule has 0 saturated carbocycles. The smallest absolute Gasteiger partial charge is 0.256 e. The molecule has 31 heavy (non-hydrogen) atoms. The number of hydrogen-bond acceptors (Lipinski definition) is 3. The van der Waals surface area contributed by atoms with Crippen molar-refractivity contribution in [3.8, 4) is 16.9 Å². The minimum absolute atomic E-state index is 0.0336. The van der Waals surface area contributed by atoms with E-state index in [0.29, 0.717) is 23.7 Å². The van der Waals surface area contributed by atoms with E-state index in [1.165, 1.54) is 5.56 Å². The first-order valence-corrected chi connectivity index (χ1v) is 10.7. The number of hydrogen-bond donors (Lipinski definition) is 0. The molecule has 0 aliphatic carbocycles. The van der Waals surface area contributed by atoms with Gasteiger partial charge in [-0.3, -0.25) is 9.78 Å². The van der Waals surface area contributed by atoms with Crippen molar-refractivity contribution < 1.29 is 4.79 Å². The summed E-state index contributed by atoms with van der Waals surface area (Å²) < 4.78 is 2.03. The van der Waals surface area contributed by atoms with Crippen LogP contribution in [-0.4, -0.2) is 25.6 Å². The molecule has 1 aliphatic heterocycles. The quantitative estimate of drug-likeness (QED) is 0.442. The van der Waals surface area contributed by atoms with Gasteiger partial charge in [-0.15, -0.1) is 0 Å². The summed E-state index contributed by atoms with van der Waals surface area (Å²) in [5, 5.41) is 5.66. The highest BCUT2D eigenvalue weighted by atomic mass is 35.5. The fraction of sp³-hybridized carbons (Fsp3) is 0.160. The first-order chi connectivity index (χ1) is 15.2. The number of nitrogens with zero attached hydrogens (tertiary/aromatic N) is 4. The lowest BCUT2D eigenvalue weighted by Crippen LogP contribution is -2.26. The minimum atomic E-state index is -0.0336. The van der Waals surface area contributed by atoms with Crippen molar-refractivity contribution in [1.82, 2.24) is 19.7 Å². The molecule has 5 nitrogen and oxygen atoms in total. The predicted molar refractivity (Wildman–Crippen MR) is 121 cm³/mol. The zero-order valence-corrected chi connectivity index (χ0v) is 17.9. The lowest BCUT2D eigenvalue weighted by molar-refractivity contribution is 0.0749. The first kappa shape index (κ1) is 19.5. The number of rotatable bonds is 4. The summed E-state index contributed by atoms with van der Waals surface area (Å²) in [6.45, 7) is 3.13. The van der Waals surface area contributed by atoms with Crippen LogP contribution in [0.3, 0.4) is 0 Å². The van der Waals surface area contributed by atoms with E-state index in [0.717, 1.165) is 34.6 Å². The monoisotopic (exact) mass is 428 g/mol. The maximum Gasteiger partial charge on any atom is 0.256 e. The number of aromatic nitrogens is 3. The van der Waals surface area contributed by atoms with Crippen LogP contribution in [0.5, 0.6) is 0 Å². The predicted octanol–water partition coefficient (Wildman–Crippen LogP) is 5.31. The Labute approximate surface area is 185 Å². The molecule has 0 saturated heterocycles. The number of amides is 1. The molecule has 0 atom stereocenters. The van der Waals surface area contributed by atoms with Crippen LogP contribution >= 0.6 is 11.6 Å². The van der Waals surface area contributed by atoms with Crippen LogP contribution in [0.1, 0.15) is 34.1 Å². The lowest BCUT2D eigenvalue weighted by atomic mass is 10.1. The van der Waals surface area contributed by atoms with Crippen LogP contribution in [-0.2, 0) is 19.5 Å². The molecule has 5 rings (SSSR count). The maximum absolute atomic E-state index is 13.0. The van der Waals surface area contributed by atoms with Crippen molar-refractivity contribution in [3.05, 3.63) is 100 Å². The van der Waals surface area contributed by atoms with Gasteiger partial charge in [-0.1, -0.05) is 48.9 Å². The molecule has 154 valence electrons. The summed E-state index contributed by atoms with van der Waals surface area (Å²) in [5.74, 6) is -0.0336. The third kappa shape index (κ3) is 3.51. The molecule has 2 aromatic carbocycles. The Morgan fingerprint density at radius 2 is 1.84 bits per heavy atom. The van der Waals surface area contributed by atoms with Gasteiger partial charge in [-0.25, -0.2) is 4.68 Å². The molecule has 3 heterocycles. The van der Waals surface area contributed by atoms with Crippen molar-refractivity contribution in [3.63, 3.8) is 0 Å². The van der Waals surface area contributed by atoms with Crippen molar-refractivity contribution in [2.45, 2.75) is 26.4 Å². The number of carbonyl (C=O) groups is 1. The van der Waals surface area contributed by atoms with Gasteiger partial charge < -0.3 is 4.90 Å². The van der Waals surface area contributed by atoms with E-state index in [-0.39, 0.29) is 5.91 Å². The minimum Gasteiger partial charge on any atom is -0.328 e. The van der Waals surface area contributed by atoms with E-state index in [4.69, 9.17) is 16.7 Å². The number of para-hydroxylation sites is 1. The van der Waals surface area contributed by atoms with Crippen LogP contribution in [0, 0.1) is 0 Å². The average molecular weight is 429 g/mol. The van der Waals surface area contributed by atoms with Crippen molar-refractivity contribution in [2.24, 2.45) is 0 Å². The zero-order chi connectivity index (χ0) is 21.4. The van der Waals surface area contributed by atoms with E-state index in [9.17, 15) is 4.79 Å². The summed E-state index contributed by atoms with van der Waals surface area (Å²) in [4.78, 5) is 18.9. The second kappa shape index (κ2) is 8.00. The highest BCUT2D eigenvalue weighted by Crippen LogP contribution is 2.36. The number of aryl methyl sites for hydroxylation is 1. The second-order valence-corrected chi connectivity index (χ2v) is 8.01. The van der Waals surface area contributed by atoms with E-state index < -0.39 is 0 Å². The molecule has 2 aromatic heterocycles. The Morgan fingerprint density at radius 3 is 2.58 bits per heavy atom. The Hall–Kier alpha value is -3.44. The Bertz CT molecular complexity index is 1250. The van der Waals surface area contributed by atoms with Crippen LogP contribution in [0.2, 0.25) is 5.02 Å². The summed E-state index contributed by atoms with van der Waals surface area (Å²) in [6.07, 6.45) is 4.19. The topological polar surface area (TPSA) is 51.0 Å². The molecule has 0 bridgehead atoms. The Morgan fingerprint density at radius 1 is 1.03 bits per heavy atom. The normalized spacial score (nSPS) is 12.8. The number of halogens is 1. The fourth-order valence-electron chi connectivity index (χ4n) is 4.13. The molecule has 0 spiro atoms. The van der Waals surface area contributed by atoms with Gasteiger partial charge in [-0.05, 0) is 42.3 Å². The summed E-state index contributed by atoms with van der Waals surface area (Å²) >= 11 is 6.15. The third-order valence-electron chi connectivity index (χ3n) is 5.67. The summed E-state index contributed by atoms with van der Waals surface area (Å²) in [5.41, 5.74) is 6.91. The molecule has 4 aromatic rings. The van der Waals surface area contributed by atoms with Crippen LogP contribution < -0.4 is 0 Å². The van der Waals surface area contributed by atoms with E-state index in [1.807, 2.05) is 39.9 Å². The Balaban J connectivity index is 1.61. The summed E-state index contributed by atoms with van der Waals surface area (Å²) in [6, 6.07) is 19.7. The van der Waals surface area contributed by atoms with Gasteiger partial charge in [0.1, 0.15) is 0 Å². The third-order valence-corrected chi connectivity index (χ3v) is 5.92.